The van der Waals surface area contributed by atoms with Crippen LogP contribution < -0.4 is 0 Å². The predicted molar refractivity (Wildman–Crippen MR) is 127 cm³/mol. The third-order valence-electron chi connectivity index (χ3n) is 6.31. The third-order valence-corrected chi connectivity index (χ3v) is 6.31. The molecule has 0 aliphatic carbocycles. The highest BCUT2D eigenvalue weighted by Gasteiger charge is 2.18. The molecule has 0 bridgehead atoms. The summed E-state index contributed by atoms with van der Waals surface area (Å²) in [7, 11) is 0. The molecule has 0 aliphatic heterocycles. The summed E-state index contributed by atoms with van der Waals surface area (Å²) in [4.78, 5) is 11.7. The number of benzene rings is 1. The average Bonchev–Trinajstić information content (AvgIpc) is 2.72. The van der Waals surface area contributed by atoms with Gasteiger partial charge in [-0.05, 0) is 42.9 Å². The molecule has 30 heavy (non-hydrogen) atoms. The maximum absolute atomic E-state index is 11.7. The van der Waals surface area contributed by atoms with Crippen molar-refractivity contribution in [3.63, 3.8) is 0 Å². The van der Waals surface area contributed by atoms with Crippen LogP contribution in [-0.4, -0.2) is 16.2 Å². The van der Waals surface area contributed by atoms with Crippen molar-refractivity contribution < 1.29 is 15.0 Å². The number of aliphatic carboxylic acids is 1. The third kappa shape index (κ3) is 11.0. The van der Waals surface area contributed by atoms with Crippen LogP contribution in [0.3, 0.4) is 0 Å². The summed E-state index contributed by atoms with van der Waals surface area (Å²) in [6.07, 6.45) is 19.1. The molecular formula is C27H46O3. The summed E-state index contributed by atoms with van der Waals surface area (Å²) < 4.78 is 0. The Bertz CT molecular complexity index is 594. The molecule has 0 spiro atoms. The van der Waals surface area contributed by atoms with Gasteiger partial charge in [0.2, 0.25) is 0 Å². The topological polar surface area (TPSA) is 57.5 Å². The first-order valence-electron chi connectivity index (χ1n) is 12.5. The Morgan fingerprint density at radius 2 is 1.33 bits per heavy atom. The second-order valence-electron chi connectivity index (χ2n) is 9.04. The molecule has 0 fully saturated rings. The van der Waals surface area contributed by atoms with Crippen molar-refractivity contribution in [2.45, 2.75) is 124 Å². The molecule has 0 heterocycles. The fraction of sp³-hybridized carbons (Fsp3) is 0.741. The van der Waals surface area contributed by atoms with Crippen LogP contribution in [0, 0.1) is 12.8 Å². The van der Waals surface area contributed by atoms with E-state index in [0.29, 0.717) is 12.2 Å². The molecule has 3 nitrogen and oxygen atoms in total. The van der Waals surface area contributed by atoms with Gasteiger partial charge in [0.15, 0.2) is 0 Å². The van der Waals surface area contributed by atoms with Gasteiger partial charge in [0.05, 0.1) is 5.92 Å². The van der Waals surface area contributed by atoms with Crippen LogP contribution in [0.5, 0.6) is 5.75 Å². The van der Waals surface area contributed by atoms with Crippen LogP contribution in [0.2, 0.25) is 0 Å². The molecule has 0 aliphatic rings. The van der Waals surface area contributed by atoms with E-state index in [9.17, 15) is 15.0 Å². The second kappa shape index (κ2) is 16.2. The smallest absolute Gasteiger partial charge is 0.306 e. The van der Waals surface area contributed by atoms with Crippen molar-refractivity contribution in [1.82, 2.24) is 0 Å². The van der Waals surface area contributed by atoms with Crippen LogP contribution in [0.4, 0.5) is 0 Å². The van der Waals surface area contributed by atoms with Crippen LogP contribution in [-0.2, 0) is 17.6 Å². The first kappa shape index (κ1) is 26.5. The zero-order chi connectivity index (χ0) is 22.2. The first-order valence-corrected chi connectivity index (χ1v) is 12.5. The lowest BCUT2D eigenvalue weighted by Gasteiger charge is -2.15. The lowest BCUT2D eigenvalue weighted by Crippen LogP contribution is -2.16. The van der Waals surface area contributed by atoms with Gasteiger partial charge in [-0.3, -0.25) is 4.79 Å². The van der Waals surface area contributed by atoms with Crippen LogP contribution >= 0.6 is 0 Å². The maximum atomic E-state index is 11.7. The summed E-state index contributed by atoms with van der Waals surface area (Å²) in [5.74, 6) is -0.673. The molecule has 1 atom stereocenters. The quantitative estimate of drug-likeness (QED) is 0.237. The predicted octanol–water partition coefficient (Wildman–Crippen LogP) is 7.99. The second-order valence-corrected chi connectivity index (χ2v) is 9.04. The number of hydrogen-bond donors (Lipinski definition) is 2. The molecule has 0 amide bonds. The molecule has 1 aromatic rings. The number of aryl methyl sites for hydroxylation is 2. The van der Waals surface area contributed by atoms with E-state index in [1.54, 1.807) is 0 Å². The van der Waals surface area contributed by atoms with Gasteiger partial charge in [-0.2, -0.15) is 0 Å². The molecular weight excluding hydrogens is 372 g/mol. The van der Waals surface area contributed by atoms with E-state index >= 15 is 0 Å². The summed E-state index contributed by atoms with van der Waals surface area (Å²) in [6.45, 7) is 6.17. The summed E-state index contributed by atoms with van der Waals surface area (Å²) in [6, 6.07) is 3.91. The van der Waals surface area contributed by atoms with Gasteiger partial charge in [0.25, 0.3) is 0 Å². The minimum Gasteiger partial charge on any atom is -0.507 e. The molecule has 1 aromatic carbocycles. The highest BCUT2D eigenvalue weighted by Crippen LogP contribution is 2.27. The molecule has 2 N–H and O–H groups in total. The molecule has 0 radical (unpaired) electrons. The van der Waals surface area contributed by atoms with Gasteiger partial charge in [-0.1, -0.05) is 109 Å². The first-order chi connectivity index (χ1) is 14.5. The Morgan fingerprint density at radius 3 is 1.80 bits per heavy atom. The number of aromatic hydroxyl groups is 1. The number of carboxylic acids is 1. The normalized spacial score (nSPS) is 12.2. The Kier molecular flexibility index (Phi) is 14.3. The van der Waals surface area contributed by atoms with E-state index < -0.39 is 5.97 Å². The van der Waals surface area contributed by atoms with Crippen LogP contribution in [0.25, 0.3) is 0 Å². The van der Waals surface area contributed by atoms with Gasteiger partial charge in [-0.15, -0.1) is 0 Å². The van der Waals surface area contributed by atoms with E-state index in [0.717, 1.165) is 42.4 Å². The van der Waals surface area contributed by atoms with E-state index in [1.165, 1.54) is 70.6 Å². The van der Waals surface area contributed by atoms with Gasteiger partial charge < -0.3 is 10.2 Å². The number of rotatable bonds is 18. The van der Waals surface area contributed by atoms with E-state index in [-0.39, 0.29) is 5.92 Å². The summed E-state index contributed by atoms with van der Waals surface area (Å²) in [5.41, 5.74) is 2.79. The molecule has 1 rings (SSSR count). The molecule has 1 unspecified atom stereocenters. The van der Waals surface area contributed by atoms with Gasteiger partial charge in [0.1, 0.15) is 5.75 Å². The highest BCUT2D eigenvalue weighted by atomic mass is 16.4. The number of carbonyl (C=O) groups is 1. The Labute approximate surface area is 185 Å². The monoisotopic (exact) mass is 418 g/mol. The fourth-order valence-corrected chi connectivity index (χ4v) is 4.33. The van der Waals surface area contributed by atoms with Gasteiger partial charge in [0, 0.05) is 0 Å². The Hall–Kier alpha value is -1.51. The average molecular weight is 419 g/mol. The van der Waals surface area contributed by atoms with Crippen LogP contribution in [0.15, 0.2) is 12.1 Å². The van der Waals surface area contributed by atoms with Crippen molar-refractivity contribution in [3.8, 4) is 5.75 Å². The minimum absolute atomic E-state index is 0.327. The molecule has 0 saturated carbocycles. The molecule has 0 aromatic heterocycles. The number of unbranched alkanes of at least 4 members (excludes halogenated alkanes) is 12. The number of phenolic OH excluding ortho intramolecular Hbond substituents is 1. The number of hydrogen-bond acceptors (Lipinski definition) is 2. The van der Waals surface area contributed by atoms with Crippen molar-refractivity contribution >= 4 is 5.97 Å². The summed E-state index contributed by atoms with van der Waals surface area (Å²) in [5, 5.41) is 19.7. The summed E-state index contributed by atoms with van der Waals surface area (Å²) >= 11 is 0. The fourth-order valence-electron chi connectivity index (χ4n) is 4.33. The molecule has 0 saturated heterocycles. The van der Waals surface area contributed by atoms with Crippen molar-refractivity contribution in [1.29, 1.82) is 0 Å². The SMILES string of the molecule is CCCCCCCCCCCCCCCC(Cc1cc(C)c(O)c(CC)c1)C(=O)O. The van der Waals surface area contributed by atoms with E-state index in [2.05, 4.69) is 6.92 Å². The number of phenols is 1. The zero-order valence-corrected chi connectivity index (χ0v) is 19.8. The maximum Gasteiger partial charge on any atom is 0.306 e. The van der Waals surface area contributed by atoms with E-state index in [4.69, 9.17) is 0 Å². The molecule has 172 valence electrons. The van der Waals surface area contributed by atoms with E-state index in [1.807, 2.05) is 26.0 Å². The van der Waals surface area contributed by atoms with Gasteiger partial charge >= 0.3 is 5.97 Å². The Morgan fingerprint density at radius 1 is 0.833 bits per heavy atom. The van der Waals surface area contributed by atoms with Crippen molar-refractivity contribution in [3.05, 3.63) is 28.8 Å². The van der Waals surface area contributed by atoms with Crippen molar-refractivity contribution in [2.24, 2.45) is 5.92 Å². The lowest BCUT2D eigenvalue weighted by atomic mass is 9.91. The molecule has 3 heteroatoms. The highest BCUT2D eigenvalue weighted by molar-refractivity contribution is 5.70. The number of carboxylic acid groups (broad SMARTS) is 1. The standard InChI is InChI=1S/C27H46O3/c1-4-6-7-8-9-10-11-12-13-14-15-16-17-18-25(27(29)30)21-23-19-22(3)26(28)24(5-2)20-23/h19-20,25,28H,4-18,21H2,1-3H3,(H,29,30). The Balaban J connectivity index is 2.18. The van der Waals surface area contributed by atoms with Crippen molar-refractivity contribution in [2.75, 3.05) is 0 Å². The minimum atomic E-state index is -0.697. The van der Waals surface area contributed by atoms with Crippen LogP contribution in [0.1, 0.15) is 120 Å². The largest absolute Gasteiger partial charge is 0.507 e. The van der Waals surface area contributed by atoms with Gasteiger partial charge in [-0.25, -0.2) is 0 Å². The lowest BCUT2D eigenvalue weighted by molar-refractivity contribution is -0.142. The zero-order valence-electron chi connectivity index (χ0n) is 19.8.